The lowest BCUT2D eigenvalue weighted by Gasteiger charge is -2.07. The Morgan fingerprint density at radius 3 is 2.37 bits per heavy atom. The van der Waals surface area contributed by atoms with Gasteiger partial charge in [0.2, 0.25) is 5.91 Å². The second-order valence-corrected chi connectivity index (χ2v) is 7.29. The first kappa shape index (κ1) is 21.4. The van der Waals surface area contributed by atoms with Crippen LogP contribution in [0.15, 0.2) is 59.4 Å². The first-order chi connectivity index (χ1) is 14.4. The van der Waals surface area contributed by atoms with E-state index in [0.717, 1.165) is 5.69 Å². The van der Waals surface area contributed by atoms with Crippen LogP contribution in [0, 0.1) is 6.92 Å². The fourth-order valence-electron chi connectivity index (χ4n) is 3.07. The molecular weight excluding hydrogens is 404 g/mol. The Morgan fingerprint density at radius 1 is 1.03 bits per heavy atom. The Morgan fingerprint density at radius 2 is 1.70 bits per heavy atom. The van der Waals surface area contributed by atoms with E-state index in [1.54, 1.807) is 42.9 Å². The average Bonchev–Trinajstić information content (AvgIpc) is 2.95. The van der Waals surface area contributed by atoms with Crippen molar-refractivity contribution in [2.24, 2.45) is 7.05 Å². The molecule has 0 aliphatic rings. The molecule has 0 saturated carbocycles. The Bertz CT molecular complexity index is 1100. The van der Waals surface area contributed by atoms with Gasteiger partial charge < -0.3 is 10.6 Å². The number of amides is 2. The van der Waals surface area contributed by atoms with Gasteiger partial charge in [0.15, 0.2) is 0 Å². The molecule has 2 aromatic carbocycles. The quantitative estimate of drug-likeness (QED) is 0.568. The summed E-state index contributed by atoms with van der Waals surface area (Å²) >= 11 is 5.81. The standard InChI is InChI=1S/C22H23ClN4O3/c1-15-20(22(30)27(26(15)2)18-7-4-3-5-8-18)25-19(28)9-6-14-24-21(29)16-10-12-17(23)13-11-16/h3-5,7-8,10-13H,6,9,14H2,1-2H3,(H,24,29)(H,25,28). The fourth-order valence-corrected chi connectivity index (χ4v) is 3.19. The second kappa shape index (κ2) is 9.45. The van der Waals surface area contributed by atoms with Crippen LogP contribution in [-0.4, -0.2) is 27.7 Å². The smallest absolute Gasteiger partial charge is 0.295 e. The molecule has 156 valence electrons. The molecule has 3 rings (SSSR count). The van der Waals surface area contributed by atoms with Crippen LogP contribution in [0.25, 0.3) is 5.69 Å². The van der Waals surface area contributed by atoms with E-state index < -0.39 is 0 Å². The summed E-state index contributed by atoms with van der Waals surface area (Å²) in [5, 5.41) is 6.04. The van der Waals surface area contributed by atoms with Crippen molar-refractivity contribution in [2.45, 2.75) is 19.8 Å². The van der Waals surface area contributed by atoms with Crippen molar-refractivity contribution in [1.29, 1.82) is 0 Å². The molecule has 0 atom stereocenters. The molecule has 0 aliphatic carbocycles. The van der Waals surface area contributed by atoms with Gasteiger partial charge in [-0.2, -0.15) is 0 Å². The van der Waals surface area contributed by atoms with Crippen LogP contribution in [0.5, 0.6) is 0 Å². The molecule has 7 nitrogen and oxygen atoms in total. The van der Waals surface area contributed by atoms with Crippen molar-refractivity contribution in [1.82, 2.24) is 14.7 Å². The Hall–Kier alpha value is -3.32. The molecule has 0 aliphatic heterocycles. The Labute approximate surface area is 179 Å². The lowest BCUT2D eigenvalue weighted by molar-refractivity contribution is -0.116. The zero-order chi connectivity index (χ0) is 21.7. The summed E-state index contributed by atoms with van der Waals surface area (Å²) < 4.78 is 3.22. The van der Waals surface area contributed by atoms with Crippen LogP contribution in [0.2, 0.25) is 5.02 Å². The third kappa shape index (κ3) is 4.80. The zero-order valence-corrected chi connectivity index (χ0v) is 17.6. The third-order valence-electron chi connectivity index (χ3n) is 4.79. The lowest BCUT2D eigenvalue weighted by Crippen LogP contribution is -2.26. The largest absolute Gasteiger partial charge is 0.352 e. The topological polar surface area (TPSA) is 85.1 Å². The van der Waals surface area contributed by atoms with Crippen molar-refractivity contribution in [3.05, 3.63) is 81.2 Å². The predicted octanol–water partition coefficient (Wildman–Crippen LogP) is 3.29. The van der Waals surface area contributed by atoms with E-state index in [9.17, 15) is 14.4 Å². The molecular formula is C22H23ClN4O3. The average molecular weight is 427 g/mol. The normalized spacial score (nSPS) is 10.6. The van der Waals surface area contributed by atoms with Gasteiger partial charge in [-0.1, -0.05) is 29.8 Å². The third-order valence-corrected chi connectivity index (χ3v) is 5.04. The van der Waals surface area contributed by atoms with E-state index in [4.69, 9.17) is 11.6 Å². The van der Waals surface area contributed by atoms with E-state index in [1.165, 1.54) is 4.68 Å². The number of nitrogens with zero attached hydrogens (tertiary/aromatic N) is 2. The SMILES string of the molecule is Cc1c(NC(=O)CCCNC(=O)c2ccc(Cl)cc2)c(=O)n(-c2ccccc2)n1C. The Balaban J connectivity index is 1.56. The predicted molar refractivity (Wildman–Crippen MR) is 117 cm³/mol. The van der Waals surface area contributed by atoms with Crippen LogP contribution < -0.4 is 16.2 Å². The molecule has 0 bridgehead atoms. The minimum absolute atomic E-state index is 0.181. The highest BCUT2D eigenvalue weighted by Crippen LogP contribution is 2.14. The molecule has 0 radical (unpaired) electrons. The van der Waals surface area contributed by atoms with Crippen molar-refractivity contribution >= 4 is 29.1 Å². The summed E-state index contributed by atoms with van der Waals surface area (Å²) in [5.41, 5.74) is 1.86. The van der Waals surface area contributed by atoms with Gasteiger partial charge in [-0.3, -0.25) is 19.1 Å². The molecule has 0 spiro atoms. The molecule has 1 heterocycles. The summed E-state index contributed by atoms with van der Waals surface area (Å²) in [4.78, 5) is 37.2. The van der Waals surface area contributed by atoms with Crippen molar-refractivity contribution in [3.8, 4) is 5.69 Å². The van der Waals surface area contributed by atoms with Gasteiger partial charge in [-0.15, -0.1) is 0 Å². The number of hydrogen-bond donors (Lipinski definition) is 2. The number of nitrogens with one attached hydrogen (secondary N) is 2. The van der Waals surface area contributed by atoms with Gasteiger partial charge in [-0.25, -0.2) is 4.68 Å². The molecule has 0 unspecified atom stereocenters. The molecule has 3 aromatic rings. The first-order valence-corrected chi connectivity index (χ1v) is 9.94. The minimum atomic E-state index is -0.286. The van der Waals surface area contributed by atoms with Crippen LogP contribution in [0.3, 0.4) is 0 Å². The van der Waals surface area contributed by atoms with Crippen LogP contribution >= 0.6 is 11.6 Å². The molecule has 0 fully saturated rings. The molecule has 8 heteroatoms. The summed E-state index contributed by atoms with van der Waals surface area (Å²) in [5.74, 6) is -0.501. The van der Waals surface area contributed by atoms with Crippen molar-refractivity contribution < 1.29 is 9.59 Å². The van der Waals surface area contributed by atoms with E-state index in [2.05, 4.69) is 10.6 Å². The number of halogens is 1. The van der Waals surface area contributed by atoms with Gasteiger partial charge >= 0.3 is 0 Å². The number of carbonyl (C=O) groups is 2. The number of hydrogen-bond acceptors (Lipinski definition) is 3. The molecule has 1 aromatic heterocycles. The van der Waals surface area contributed by atoms with Crippen LogP contribution in [0.1, 0.15) is 28.9 Å². The Kier molecular flexibility index (Phi) is 6.74. The molecule has 2 N–H and O–H groups in total. The number of carbonyl (C=O) groups excluding carboxylic acids is 2. The van der Waals surface area contributed by atoms with Gasteiger partial charge in [0, 0.05) is 30.6 Å². The van der Waals surface area contributed by atoms with Crippen LogP contribution in [-0.2, 0) is 11.8 Å². The fraction of sp³-hybridized carbons (Fsp3) is 0.227. The van der Waals surface area contributed by atoms with Gasteiger partial charge in [-0.05, 0) is 49.7 Å². The monoisotopic (exact) mass is 426 g/mol. The van der Waals surface area contributed by atoms with Gasteiger partial charge in [0.05, 0.1) is 11.4 Å². The maximum absolute atomic E-state index is 12.8. The highest BCUT2D eigenvalue weighted by atomic mass is 35.5. The van der Waals surface area contributed by atoms with E-state index >= 15 is 0 Å². The van der Waals surface area contributed by atoms with Gasteiger partial charge in [0.25, 0.3) is 11.5 Å². The first-order valence-electron chi connectivity index (χ1n) is 9.56. The highest BCUT2D eigenvalue weighted by molar-refractivity contribution is 6.30. The number of anilines is 1. The molecule has 2 amide bonds. The second-order valence-electron chi connectivity index (χ2n) is 6.85. The summed E-state index contributed by atoms with van der Waals surface area (Å²) in [6.07, 6.45) is 0.629. The van der Waals surface area contributed by atoms with E-state index in [1.807, 2.05) is 30.3 Å². The highest BCUT2D eigenvalue weighted by Gasteiger charge is 2.17. The van der Waals surface area contributed by atoms with E-state index in [0.29, 0.717) is 29.2 Å². The number of aromatic nitrogens is 2. The minimum Gasteiger partial charge on any atom is -0.352 e. The summed E-state index contributed by atoms with van der Waals surface area (Å²) in [7, 11) is 1.77. The lowest BCUT2D eigenvalue weighted by atomic mass is 10.2. The maximum Gasteiger partial charge on any atom is 0.295 e. The maximum atomic E-state index is 12.8. The summed E-state index contributed by atoms with van der Waals surface area (Å²) in [6.45, 7) is 2.12. The molecule has 30 heavy (non-hydrogen) atoms. The van der Waals surface area contributed by atoms with Crippen molar-refractivity contribution in [3.63, 3.8) is 0 Å². The summed E-state index contributed by atoms with van der Waals surface area (Å²) in [6, 6.07) is 15.8. The number of rotatable bonds is 7. The zero-order valence-electron chi connectivity index (χ0n) is 16.8. The number of para-hydroxylation sites is 1. The molecule has 0 saturated heterocycles. The van der Waals surface area contributed by atoms with E-state index in [-0.39, 0.29) is 29.5 Å². The van der Waals surface area contributed by atoms with Crippen LogP contribution in [0.4, 0.5) is 5.69 Å². The van der Waals surface area contributed by atoms with Crippen molar-refractivity contribution in [2.75, 3.05) is 11.9 Å². The number of benzene rings is 2. The van der Waals surface area contributed by atoms with Gasteiger partial charge in [0.1, 0.15) is 5.69 Å².